The van der Waals surface area contributed by atoms with E-state index >= 15 is 0 Å². The highest BCUT2D eigenvalue weighted by Gasteiger charge is 2.12. The van der Waals surface area contributed by atoms with Crippen LogP contribution >= 0.6 is 0 Å². The third-order valence-electron chi connectivity index (χ3n) is 4.06. The summed E-state index contributed by atoms with van der Waals surface area (Å²) in [5.74, 6) is 0. The van der Waals surface area contributed by atoms with E-state index in [1.54, 1.807) is 0 Å². The minimum Gasteiger partial charge on any atom is -0.0985 e. The van der Waals surface area contributed by atoms with Gasteiger partial charge in [0.25, 0.3) is 0 Å². The first kappa shape index (κ1) is 17.7. The zero-order valence-electron chi connectivity index (χ0n) is 14.9. The van der Waals surface area contributed by atoms with E-state index < -0.39 is 0 Å². The molecule has 0 atom stereocenters. The van der Waals surface area contributed by atoms with E-state index in [1.165, 1.54) is 27.5 Å². The van der Waals surface area contributed by atoms with Crippen LogP contribution in [0, 0.1) is 0 Å². The number of rotatable bonds is 2. The van der Waals surface area contributed by atoms with Crippen molar-refractivity contribution < 1.29 is 0 Å². The molecule has 0 saturated heterocycles. The van der Waals surface area contributed by atoms with Crippen molar-refractivity contribution in [1.82, 2.24) is 0 Å². The van der Waals surface area contributed by atoms with E-state index in [9.17, 15) is 0 Å². The van der Waals surface area contributed by atoms with Crippen molar-refractivity contribution in [1.29, 1.82) is 0 Å². The molecule has 0 nitrogen and oxygen atoms in total. The van der Waals surface area contributed by atoms with Gasteiger partial charge in [-0.15, -0.1) is 0 Å². The molecule has 0 saturated carbocycles. The quantitative estimate of drug-likeness (QED) is 0.473. The average Bonchev–Trinajstić information content (AvgIpc) is 2.61. The predicted octanol–water partition coefficient (Wildman–Crippen LogP) is 7.11. The van der Waals surface area contributed by atoms with Crippen molar-refractivity contribution in [3.8, 4) is 0 Å². The molecule has 0 aliphatic rings. The summed E-state index contributed by atoms with van der Waals surface area (Å²) in [4.78, 5) is 0. The van der Waals surface area contributed by atoms with Crippen LogP contribution in [0.5, 0.6) is 0 Å². The second kappa shape index (κ2) is 7.79. The maximum Gasteiger partial charge on any atom is -0.0112 e. The summed E-state index contributed by atoms with van der Waals surface area (Å²) in [5.41, 5.74) is 4.00. The molecule has 24 heavy (non-hydrogen) atoms. The highest BCUT2D eigenvalue weighted by Crippen LogP contribution is 2.22. The Hall–Kier alpha value is -2.60. The molecule has 0 unspecified atom stereocenters. The molecule has 0 aliphatic carbocycles. The average molecular weight is 314 g/mol. The van der Waals surface area contributed by atoms with Crippen molar-refractivity contribution in [3.05, 3.63) is 96.6 Å². The molecular formula is C24H26. The van der Waals surface area contributed by atoms with Crippen molar-refractivity contribution in [2.24, 2.45) is 0 Å². The molecule has 0 spiro atoms. The largest absolute Gasteiger partial charge is 0.0985 e. The monoisotopic (exact) mass is 314 g/mol. The third-order valence-corrected chi connectivity index (χ3v) is 4.06. The normalized spacial score (nSPS) is 10.6. The van der Waals surface area contributed by atoms with Gasteiger partial charge in [-0.3, -0.25) is 0 Å². The van der Waals surface area contributed by atoms with E-state index in [1.807, 2.05) is 12.2 Å². The van der Waals surface area contributed by atoms with Gasteiger partial charge in [0.15, 0.2) is 0 Å². The number of benzene rings is 3. The van der Waals surface area contributed by atoms with Gasteiger partial charge in [-0.25, -0.2) is 0 Å². The van der Waals surface area contributed by atoms with Gasteiger partial charge in [-0.2, -0.15) is 0 Å². The van der Waals surface area contributed by atoms with Crippen LogP contribution in [-0.2, 0) is 5.41 Å². The molecule has 0 radical (unpaired) electrons. The first-order valence-electron chi connectivity index (χ1n) is 8.29. The van der Waals surface area contributed by atoms with Crippen molar-refractivity contribution in [2.45, 2.75) is 26.2 Å². The van der Waals surface area contributed by atoms with Crippen molar-refractivity contribution in [2.75, 3.05) is 0 Å². The lowest BCUT2D eigenvalue weighted by molar-refractivity contribution is 0.590. The number of hydrogen-bond donors (Lipinski definition) is 0. The molecule has 0 heterocycles. The Morgan fingerprint density at radius 3 is 1.92 bits per heavy atom. The van der Waals surface area contributed by atoms with Gasteiger partial charge in [0.2, 0.25) is 0 Å². The standard InChI is InChI=1S/C12H10.C12H16/c1-2-10-7-5-8-11-6-3-4-9-12(10)11;1-5-10-6-8-11(9-7-10)12(2,3)4/h2-9H,1H2;5-9H,1H2,2-4H3. The summed E-state index contributed by atoms with van der Waals surface area (Å²) in [6, 6.07) is 23.1. The Bertz CT molecular complexity index is 809. The van der Waals surface area contributed by atoms with Crippen molar-refractivity contribution in [3.63, 3.8) is 0 Å². The zero-order chi connectivity index (χ0) is 17.6. The fourth-order valence-electron chi connectivity index (χ4n) is 2.55. The van der Waals surface area contributed by atoms with Crippen LogP contribution in [0.3, 0.4) is 0 Å². The molecule has 0 heteroatoms. The van der Waals surface area contributed by atoms with Crippen LogP contribution in [0.1, 0.15) is 37.5 Å². The van der Waals surface area contributed by atoms with Gasteiger partial charge in [-0.1, -0.05) is 113 Å². The third kappa shape index (κ3) is 4.45. The summed E-state index contributed by atoms with van der Waals surface area (Å²) < 4.78 is 0. The second-order valence-electron chi connectivity index (χ2n) is 6.85. The first-order chi connectivity index (χ1) is 11.5. The van der Waals surface area contributed by atoms with Crippen LogP contribution < -0.4 is 0 Å². The molecule has 3 aromatic carbocycles. The topological polar surface area (TPSA) is 0 Å². The molecule has 3 rings (SSSR count). The van der Waals surface area contributed by atoms with Gasteiger partial charge in [0.1, 0.15) is 0 Å². The Kier molecular flexibility index (Phi) is 5.76. The summed E-state index contributed by atoms with van der Waals surface area (Å²) in [6.45, 7) is 14.2. The first-order valence-corrected chi connectivity index (χ1v) is 8.29. The van der Waals surface area contributed by atoms with Crippen LogP contribution in [0.2, 0.25) is 0 Å². The summed E-state index contributed by atoms with van der Waals surface area (Å²) in [6.07, 6.45) is 3.76. The summed E-state index contributed by atoms with van der Waals surface area (Å²) in [7, 11) is 0. The molecule has 122 valence electrons. The molecular weight excluding hydrogens is 288 g/mol. The van der Waals surface area contributed by atoms with E-state index in [2.05, 4.69) is 101 Å². The van der Waals surface area contributed by atoms with Crippen LogP contribution in [0.4, 0.5) is 0 Å². The Balaban J connectivity index is 0.000000174. The highest BCUT2D eigenvalue weighted by atomic mass is 14.2. The number of hydrogen-bond acceptors (Lipinski definition) is 0. The van der Waals surface area contributed by atoms with Crippen LogP contribution in [-0.4, -0.2) is 0 Å². The highest BCUT2D eigenvalue weighted by molar-refractivity contribution is 5.90. The zero-order valence-corrected chi connectivity index (χ0v) is 14.9. The number of fused-ring (bicyclic) bond motifs is 1. The Morgan fingerprint density at radius 1 is 0.708 bits per heavy atom. The SMILES string of the molecule is C=Cc1ccc(C(C)(C)C)cc1.C=Cc1cccc2ccccc12. The van der Waals surface area contributed by atoms with Gasteiger partial charge >= 0.3 is 0 Å². The maximum atomic E-state index is 3.78. The molecule has 0 amide bonds. The lowest BCUT2D eigenvalue weighted by Gasteiger charge is -2.18. The molecule has 3 aromatic rings. The molecule has 0 aliphatic heterocycles. The van der Waals surface area contributed by atoms with E-state index in [0.717, 1.165) is 0 Å². The summed E-state index contributed by atoms with van der Waals surface area (Å²) >= 11 is 0. The van der Waals surface area contributed by atoms with Crippen LogP contribution in [0.15, 0.2) is 79.9 Å². The minimum absolute atomic E-state index is 0.250. The molecule has 0 fully saturated rings. The van der Waals surface area contributed by atoms with Gasteiger partial charge < -0.3 is 0 Å². The van der Waals surface area contributed by atoms with Gasteiger partial charge in [0, 0.05) is 0 Å². The van der Waals surface area contributed by atoms with E-state index in [4.69, 9.17) is 0 Å². The van der Waals surface area contributed by atoms with Crippen LogP contribution in [0.25, 0.3) is 22.9 Å². The van der Waals surface area contributed by atoms with Gasteiger partial charge in [-0.05, 0) is 32.9 Å². The predicted molar refractivity (Wildman–Crippen MR) is 109 cm³/mol. The molecule has 0 aromatic heterocycles. The summed E-state index contributed by atoms with van der Waals surface area (Å²) in [5, 5.41) is 2.55. The molecule has 0 N–H and O–H groups in total. The fourth-order valence-corrected chi connectivity index (χ4v) is 2.55. The van der Waals surface area contributed by atoms with Crippen molar-refractivity contribution >= 4 is 22.9 Å². The Labute approximate surface area is 146 Å². The second-order valence-corrected chi connectivity index (χ2v) is 6.85. The minimum atomic E-state index is 0.250. The van der Waals surface area contributed by atoms with E-state index in [0.29, 0.717) is 0 Å². The lowest BCUT2D eigenvalue weighted by Crippen LogP contribution is -2.10. The maximum absolute atomic E-state index is 3.78. The molecule has 0 bridgehead atoms. The Morgan fingerprint density at radius 2 is 1.33 bits per heavy atom. The lowest BCUT2D eigenvalue weighted by atomic mass is 9.87. The van der Waals surface area contributed by atoms with E-state index in [-0.39, 0.29) is 5.41 Å². The fraction of sp³-hybridized carbons (Fsp3) is 0.167. The smallest absolute Gasteiger partial charge is 0.0112 e. The van der Waals surface area contributed by atoms with Gasteiger partial charge in [0.05, 0.1) is 0 Å².